The Hall–Kier alpha value is -2.25. The normalized spacial score (nSPS) is 13.5. The van der Waals surface area contributed by atoms with Crippen LogP contribution >= 0.6 is 23.4 Å². The van der Waals surface area contributed by atoms with Crippen molar-refractivity contribution in [2.45, 2.75) is 17.4 Å². The fourth-order valence-corrected chi connectivity index (χ4v) is 3.37. The molecule has 2 aromatic heterocycles. The summed E-state index contributed by atoms with van der Waals surface area (Å²) < 4.78 is 17.0. The van der Waals surface area contributed by atoms with E-state index in [1.165, 1.54) is 11.8 Å². The molecule has 4 rings (SSSR count). The Morgan fingerprint density at radius 2 is 1.92 bits per heavy atom. The summed E-state index contributed by atoms with van der Waals surface area (Å²) in [6.45, 7) is 1.24. The Kier molecular flexibility index (Phi) is 4.76. The fraction of sp³-hybridized carbons (Fsp3) is 0.235. The van der Waals surface area contributed by atoms with E-state index in [9.17, 15) is 0 Å². The first-order valence-electron chi connectivity index (χ1n) is 7.74. The van der Waals surface area contributed by atoms with Crippen LogP contribution in [0.25, 0.3) is 11.5 Å². The Morgan fingerprint density at radius 1 is 1.08 bits per heavy atom. The van der Waals surface area contributed by atoms with Crippen LogP contribution < -0.4 is 9.47 Å². The number of rotatable bonds is 4. The molecular weight excluding hydrogens is 362 g/mol. The standard InChI is InChI=1S/C17H14ClN3O3S/c18-13-8-11(9-14-15(13)23-7-1-6-22-14)10-25-17-21-20-16(24-17)12-2-4-19-5-3-12/h2-5,8-9H,1,6-7,10H2. The smallest absolute Gasteiger partial charge is 0.277 e. The predicted octanol–water partition coefficient (Wildman–Crippen LogP) is 4.24. The third kappa shape index (κ3) is 3.72. The van der Waals surface area contributed by atoms with Gasteiger partial charge in [-0.15, -0.1) is 10.2 Å². The molecule has 0 bridgehead atoms. The first-order chi connectivity index (χ1) is 12.3. The van der Waals surface area contributed by atoms with Crippen LogP contribution in [-0.4, -0.2) is 28.4 Å². The molecule has 0 unspecified atom stereocenters. The first kappa shape index (κ1) is 16.2. The highest BCUT2D eigenvalue weighted by molar-refractivity contribution is 7.98. The largest absolute Gasteiger partial charge is 0.489 e. The van der Waals surface area contributed by atoms with E-state index in [0.29, 0.717) is 46.6 Å². The van der Waals surface area contributed by atoms with E-state index in [2.05, 4.69) is 15.2 Å². The number of pyridine rings is 1. The van der Waals surface area contributed by atoms with Crippen LogP contribution in [0.5, 0.6) is 11.5 Å². The number of hydrogen-bond acceptors (Lipinski definition) is 7. The third-order valence-corrected chi connectivity index (χ3v) is 4.73. The fourth-order valence-electron chi connectivity index (χ4n) is 2.39. The summed E-state index contributed by atoms with van der Waals surface area (Å²) in [5.41, 5.74) is 1.84. The topological polar surface area (TPSA) is 70.3 Å². The maximum absolute atomic E-state index is 6.31. The maximum Gasteiger partial charge on any atom is 0.277 e. The number of aromatic nitrogens is 3. The Morgan fingerprint density at radius 3 is 2.80 bits per heavy atom. The van der Waals surface area contributed by atoms with Gasteiger partial charge in [0.15, 0.2) is 11.5 Å². The molecule has 3 heterocycles. The van der Waals surface area contributed by atoms with Gasteiger partial charge in [0.1, 0.15) is 0 Å². The molecule has 8 heteroatoms. The Balaban J connectivity index is 1.48. The van der Waals surface area contributed by atoms with E-state index in [4.69, 9.17) is 25.5 Å². The van der Waals surface area contributed by atoms with Crippen molar-refractivity contribution in [3.63, 3.8) is 0 Å². The van der Waals surface area contributed by atoms with E-state index in [1.807, 2.05) is 24.3 Å². The van der Waals surface area contributed by atoms with Gasteiger partial charge in [0, 0.05) is 30.1 Å². The number of fused-ring (bicyclic) bond motifs is 1. The van der Waals surface area contributed by atoms with Crippen LogP contribution in [0.3, 0.4) is 0 Å². The molecule has 0 amide bonds. The lowest BCUT2D eigenvalue weighted by atomic mass is 10.2. The van der Waals surface area contributed by atoms with Gasteiger partial charge >= 0.3 is 0 Å². The van der Waals surface area contributed by atoms with Crippen LogP contribution in [-0.2, 0) is 5.75 Å². The van der Waals surface area contributed by atoms with Gasteiger partial charge in [0.05, 0.1) is 18.2 Å². The summed E-state index contributed by atoms with van der Waals surface area (Å²) in [6.07, 6.45) is 4.22. The van der Waals surface area contributed by atoms with Crippen LogP contribution in [0.1, 0.15) is 12.0 Å². The summed E-state index contributed by atoms with van der Waals surface area (Å²) in [5.74, 6) is 2.41. The van der Waals surface area contributed by atoms with Crippen molar-refractivity contribution in [2.24, 2.45) is 0 Å². The molecule has 1 aromatic carbocycles. The first-order valence-corrected chi connectivity index (χ1v) is 9.11. The second kappa shape index (κ2) is 7.33. The zero-order valence-corrected chi connectivity index (χ0v) is 14.7. The molecule has 0 saturated heterocycles. The molecule has 0 radical (unpaired) electrons. The molecule has 3 aromatic rings. The van der Waals surface area contributed by atoms with Gasteiger partial charge in [0.2, 0.25) is 5.89 Å². The summed E-state index contributed by atoms with van der Waals surface area (Å²) >= 11 is 7.76. The molecular formula is C17H14ClN3O3S. The SMILES string of the molecule is Clc1cc(CSc2nnc(-c3ccncc3)o2)cc2c1OCCCO2. The lowest BCUT2D eigenvalue weighted by Gasteiger charge is -2.10. The maximum atomic E-state index is 6.31. The molecule has 0 fully saturated rings. The zero-order valence-electron chi connectivity index (χ0n) is 13.1. The molecule has 6 nitrogen and oxygen atoms in total. The van der Waals surface area contributed by atoms with Crippen molar-refractivity contribution in [1.82, 2.24) is 15.2 Å². The van der Waals surface area contributed by atoms with E-state index >= 15 is 0 Å². The molecule has 1 aliphatic heterocycles. The highest BCUT2D eigenvalue weighted by Gasteiger charge is 2.16. The van der Waals surface area contributed by atoms with Crippen LogP contribution in [0, 0.1) is 0 Å². The average Bonchev–Trinajstić information content (AvgIpc) is 2.98. The van der Waals surface area contributed by atoms with Crippen molar-refractivity contribution in [1.29, 1.82) is 0 Å². The van der Waals surface area contributed by atoms with Crippen LogP contribution in [0.4, 0.5) is 0 Å². The summed E-state index contributed by atoms with van der Waals surface area (Å²) in [6, 6.07) is 7.47. The lowest BCUT2D eigenvalue weighted by molar-refractivity contribution is 0.297. The summed E-state index contributed by atoms with van der Waals surface area (Å²) in [7, 11) is 0. The average molecular weight is 376 g/mol. The number of ether oxygens (including phenoxy) is 2. The highest BCUT2D eigenvalue weighted by atomic mass is 35.5. The van der Waals surface area contributed by atoms with Gasteiger partial charge < -0.3 is 13.9 Å². The Bertz CT molecular complexity index is 873. The van der Waals surface area contributed by atoms with Crippen LogP contribution in [0.15, 0.2) is 46.3 Å². The molecule has 0 aliphatic carbocycles. The minimum Gasteiger partial charge on any atom is -0.489 e. The zero-order chi connectivity index (χ0) is 17.1. The molecule has 0 atom stereocenters. The van der Waals surface area contributed by atoms with E-state index in [1.54, 1.807) is 12.4 Å². The van der Waals surface area contributed by atoms with Crippen molar-refractivity contribution in [3.8, 4) is 23.0 Å². The van der Waals surface area contributed by atoms with Gasteiger partial charge in [-0.05, 0) is 29.8 Å². The van der Waals surface area contributed by atoms with Crippen molar-refractivity contribution < 1.29 is 13.9 Å². The van der Waals surface area contributed by atoms with E-state index < -0.39 is 0 Å². The van der Waals surface area contributed by atoms with Gasteiger partial charge in [-0.2, -0.15) is 0 Å². The number of benzene rings is 1. The monoisotopic (exact) mass is 375 g/mol. The van der Waals surface area contributed by atoms with E-state index in [-0.39, 0.29) is 0 Å². The molecule has 128 valence electrons. The van der Waals surface area contributed by atoms with Gasteiger partial charge in [-0.1, -0.05) is 23.4 Å². The van der Waals surface area contributed by atoms with Gasteiger partial charge in [0.25, 0.3) is 5.22 Å². The summed E-state index contributed by atoms with van der Waals surface area (Å²) in [5, 5.41) is 9.18. The summed E-state index contributed by atoms with van der Waals surface area (Å²) in [4.78, 5) is 3.97. The lowest BCUT2D eigenvalue weighted by Crippen LogP contribution is -1.97. The number of halogens is 1. The second-order valence-corrected chi connectivity index (χ2v) is 6.69. The molecule has 25 heavy (non-hydrogen) atoms. The van der Waals surface area contributed by atoms with Crippen LogP contribution in [0.2, 0.25) is 5.02 Å². The number of nitrogens with zero attached hydrogens (tertiary/aromatic N) is 3. The second-order valence-electron chi connectivity index (χ2n) is 5.35. The Labute approximate surface area is 153 Å². The molecule has 0 spiro atoms. The van der Waals surface area contributed by atoms with Crippen molar-refractivity contribution >= 4 is 23.4 Å². The molecule has 0 saturated carbocycles. The molecule has 0 N–H and O–H groups in total. The molecule has 1 aliphatic rings. The van der Waals surface area contributed by atoms with Gasteiger partial charge in [-0.25, -0.2) is 0 Å². The quantitative estimate of drug-likeness (QED) is 0.631. The van der Waals surface area contributed by atoms with Crippen molar-refractivity contribution in [2.75, 3.05) is 13.2 Å². The highest BCUT2D eigenvalue weighted by Crippen LogP contribution is 2.39. The van der Waals surface area contributed by atoms with Crippen molar-refractivity contribution in [3.05, 3.63) is 47.2 Å². The minimum absolute atomic E-state index is 0.474. The van der Waals surface area contributed by atoms with E-state index in [0.717, 1.165) is 17.5 Å². The van der Waals surface area contributed by atoms with Gasteiger partial charge in [-0.3, -0.25) is 4.98 Å². The third-order valence-electron chi connectivity index (χ3n) is 3.56. The minimum atomic E-state index is 0.474. The predicted molar refractivity (Wildman–Crippen MR) is 94.1 cm³/mol. The number of thioether (sulfide) groups is 1. The number of hydrogen-bond donors (Lipinski definition) is 0.